The van der Waals surface area contributed by atoms with Crippen LogP contribution in [0.3, 0.4) is 0 Å². The fraction of sp³-hybridized carbons (Fsp3) is 0.692. The lowest BCUT2D eigenvalue weighted by Gasteiger charge is -2.19. The number of thiophene rings is 1. The lowest BCUT2D eigenvalue weighted by Crippen LogP contribution is -2.27. The highest BCUT2D eigenvalue weighted by Gasteiger charge is 2.44. The van der Waals surface area contributed by atoms with E-state index in [1.807, 2.05) is 6.07 Å². The van der Waals surface area contributed by atoms with Crippen molar-refractivity contribution in [2.24, 2.45) is 11.3 Å². The van der Waals surface area contributed by atoms with Crippen molar-refractivity contribution in [3.8, 4) is 5.75 Å². The maximum atomic E-state index is 5.30. The van der Waals surface area contributed by atoms with Crippen molar-refractivity contribution in [2.45, 2.75) is 33.2 Å². The van der Waals surface area contributed by atoms with Crippen molar-refractivity contribution in [1.82, 2.24) is 5.32 Å². The average Bonchev–Trinajstić information content (AvgIpc) is 2.91. The van der Waals surface area contributed by atoms with E-state index in [1.165, 1.54) is 17.7 Å². The summed E-state index contributed by atoms with van der Waals surface area (Å²) >= 11 is 1.77. The lowest BCUT2D eigenvalue weighted by atomic mass is 9.92. The van der Waals surface area contributed by atoms with Crippen LogP contribution >= 0.6 is 11.3 Å². The van der Waals surface area contributed by atoms with Crippen molar-refractivity contribution >= 4 is 11.3 Å². The van der Waals surface area contributed by atoms with Crippen molar-refractivity contribution in [3.05, 3.63) is 16.3 Å². The Hall–Kier alpha value is -0.540. The molecule has 1 aliphatic carbocycles. The van der Waals surface area contributed by atoms with E-state index in [1.54, 1.807) is 18.4 Å². The highest BCUT2D eigenvalue weighted by Crippen LogP contribution is 2.51. The largest absolute Gasteiger partial charge is 0.496 e. The lowest BCUT2D eigenvalue weighted by molar-refractivity contribution is 0.336. The van der Waals surface area contributed by atoms with Crippen LogP contribution in [-0.2, 0) is 6.54 Å². The molecule has 0 saturated heterocycles. The maximum absolute atomic E-state index is 5.30. The zero-order valence-corrected chi connectivity index (χ0v) is 11.2. The second kappa shape index (κ2) is 4.76. The van der Waals surface area contributed by atoms with Crippen LogP contribution in [0.2, 0.25) is 0 Å². The van der Waals surface area contributed by atoms with Gasteiger partial charge in [-0.05, 0) is 35.6 Å². The molecule has 0 amide bonds. The summed E-state index contributed by atoms with van der Waals surface area (Å²) in [4.78, 5) is 1.31. The molecule has 2 nitrogen and oxygen atoms in total. The molecule has 0 radical (unpaired) electrons. The fourth-order valence-corrected chi connectivity index (χ4v) is 2.99. The Kier molecular flexibility index (Phi) is 3.55. The van der Waals surface area contributed by atoms with Crippen LogP contribution in [0.4, 0.5) is 0 Å². The van der Waals surface area contributed by atoms with E-state index in [0.717, 1.165) is 24.8 Å². The van der Waals surface area contributed by atoms with Crippen LogP contribution in [0.15, 0.2) is 11.4 Å². The third-order valence-corrected chi connectivity index (χ3v) is 4.71. The van der Waals surface area contributed by atoms with Gasteiger partial charge in [-0.15, -0.1) is 11.3 Å². The van der Waals surface area contributed by atoms with Gasteiger partial charge in [-0.25, -0.2) is 0 Å². The Labute approximate surface area is 102 Å². The smallest absolute Gasteiger partial charge is 0.134 e. The second-order valence-corrected chi connectivity index (χ2v) is 6.03. The van der Waals surface area contributed by atoms with Crippen LogP contribution in [0.5, 0.6) is 5.75 Å². The molecule has 16 heavy (non-hydrogen) atoms. The monoisotopic (exact) mass is 239 g/mol. The molecule has 1 aromatic rings. The quantitative estimate of drug-likeness (QED) is 0.822. The van der Waals surface area contributed by atoms with Crippen LogP contribution < -0.4 is 10.1 Å². The zero-order valence-electron chi connectivity index (χ0n) is 10.4. The summed E-state index contributed by atoms with van der Waals surface area (Å²) in [6, 6.07) is 2.04. The molecule has 2 rings (SSSR count). The SMILES string of the molecule is COc1ccsc1CNCC1(C(C)C)CC1. The number of methoxy groups -OCH3 is 1. The van der Waals surface area contributed by atoms with E-state index in [0.29, 0.717) is 5.41 Å². The molecular formula is C13H21NOS. The molecule has 0 unspecified atom stereocenters. The van der Waals surface area contributed by atoms with Gasteiger partial charge in [-0.2, -0.15) is 0 Å². The predicted octanol–water partition coefficient (Wildman–Crippen LogP) is 3.28. The van der Waals surface area contributed by atoms with E-state index in [2.05, 4.69) is 24.5 Å². The number of nitrogens with one attached hydrogen (secondary N) is 1. The summed E-state index contributed by atoms with van der Waals surface area (Å²) in [5.41, 5.74) is 0.588. The van der Waals surface area contributed by atoms with Crippen molar-refractivity contribution in [2.75, 3.05) is 13.7 Å². The molecule has 1 aliphatic rings. The minimum Gasteiger partial charge on any atom is -0.496 e. The predicted molar refractivity (Wildman–Crippen MR) is 69.1 cm³/mol. The third kappa shape index (κ3) is 2.41. The Morgan fingerprint density at radius 2 is 2.25 bits per heavy atom. The number of hydrogen-bond acceptors (Lipinski definition) is 3. The average molecular weight is 239 g/mol. The number of hydrogen-bond donors (Lipinski definition) is 1. The molecule has 0 aromatic carbocycles. The summed E-state index contributed by atoms with van der Waals surface area (Å²) in [5.74, 6) is 1.82. The van der Waals surface area contributed by atoms with Gasteiger partial charge in [0.05, 0.1) is 12.0 Å². The van der Waals surface area contributed by atoms with Gasteiger partial charge in [0.25, 0.3) is 0 Å². The minimum absolute atomic E-state index is 0.588. The van der Waals surface area contributed by atoms with Gasteiger partial charge in [0.2, 0.25) is 0 Å². The molecule has 3 heteroatoms. The van der Waals surface area contributed by atoms with E-state index in [9.17, 15) is 0 Å². The van der Waals surface area contributed by atoms with Gasteiger partial charge >= 0.3 is 0 Å². The van der Waals surface area contributed by atoms with Crippen molar-refractivity contribution < 1.29 is 4.74 Å². The summed E-state index contributed by atoms with van der Waals surface area (Å²) in [6.45, 7) is 6.75. The van der Waals surface area contributed by atoms with E-state index in [-0.39, 0.29) is 0 Å². The third-order valence-electron chi connectivity index (χ3n) is 3.80. The Morgan fingerprint density at radius 3 is 2.81 bits per heavy atom. The topological polar surface area (TPSA) is 21.3 Å². The Bertz CT molecular complexity index is 341. The first-order valence-corrected chi connectivity index (χ1v) is 6.87. The highest BCUT2D eigenvalue weighted by atomic mass is 32.1. The van der Waals surface area contributed by atoms with Crippen molar-refractivity contribution in [1.29, 1.82) is 0 Å². The normalized spacial score (nSPS) is 17.8. The fourth-order valence-electron chi connectivity index (χ4n) is 2.18. The first kappa shape index (κ1) is 11.9. The first-order chi connectivity index (χ1) is 7.68. The molecule has 1 heterocycles. The van der Waals surface area contributed by atoms with Crippen molar-refractivity contribution in [3.63, 3.8) is 0 Å². The van der Waals surface area contributed by atoms with Gasteiger partial charge in [0.15, 0.2) is 0 Å². The van der Waals surface area contributed by atoms with Gasteiger partial charge in [0.1, 0.15) is 5.75 Å². The molecule has 1 saturated carbocycles. The molecule has 0 bridgehead atoms. The van der Waals surface area contributed by atoms with Crippen LogP contribution in [0.1, 0.15) is 31.6 Å². The number of ether oxygens (including phenoxy) is 1. The molecule has 1 fully saturated rings. The van der Waals surface area contributed by atoms with Gasteiger partial charge < -0.3 is 10.1 Å². The van der Waals surface area contributed by atoms with E-state index < -0.39 is 0 Å². The molecule has 1 aromatic heterocycles. The summed E-state index contributed by atoms with van der Waals surface area (Å²) in [7, 11) is 1.74. The molecule has 0 atom stereocenters. The van der Waals surface area contributed by atoms with Crippen LogP contribution in [0.25, 0.3) is 0 Å². The molecule has 1 N–H and O–H groups in total. The molecule has 90 valence electrons. The van der Waals surface area contributed by atoms with Crippen LogP contribution in [-0.4, -0.2) is 13.7 Å². The van der Waals surface area contributed by atoms with Crippen LogP contribution in [0, 0.1) is 11.3 Å². The Morgan fingerprint density at radius 1 is 1.50 bits per heavy atom. The second-order valence-electron chi connectivity index (χ2n) is 5.03. The summed E-state index contributed by atoms with van der Waals surface area (Å²) < 4.78 is 5.30. The number of rotatable bonds is 6. The molecule has 0 spiro atoms. The molecule has 0 aliphatic heterocycles. The highest BCUT2D eigenvalue weighted by molar-refractivity contribution is 7.10. The molecular weight excluding hydrogens is 218 g/mol. The van der Waals surface area contributed by atoms with E-state index >= 15 is 0 Å². The standard InChI is InChI=1S/C13H21NOS/c1-10(2)13(5-6-13)9-14-8-12-11(15-3)4-7-16-12/h4,7,10,14H,5-6,8-9H2,1-3H3. The maximum Gasteiger partial charge on any atom is 0.134 e. The summed E-state index contributed by atoms with van der Waals surface area (Å²) in [6.07, 6.45) is 2.78. The zero-order chi connectivity index (χ0) is 11.6. The van der Waals surface area contributed by atoms with Gasteiger partial charge in [-0.3, -0.25) is 0 Å². The minimum atomic E-state index is 0.588. The summed E-state index contributed by atoms with van der Waals surface area (Å²) in [5, 5.41) is 5.67. The van der Waals surface area contributed by atoms with Gasteiger partial charge in [-0.1, -0.05) is 13.8 Å². The van der Waals surface area contributed by atoms with E-state index in [4.69, 9.17) is 4.74 Å². The Balaban J connectivity index is 1.80. The first-order valence-electron chi connectivity index (χ1n) is 5.99. The van der Waals surface area contributed by atoms with Gasteiger partial charge in [0, 0.05) is 13.1 Å².